The van der Waals surface area contributed by atoms with Crippen LogP contribution in [0.1, 0.15) is 142 Å². The van der Waals surface area contributed by atoms with Crippen LogP contribution in [0.4, 0.5) is 0 Å². The van der Waals surface area contributed by atoms with E-state index in [1.165, 1.54) is 25.7 Å². The number of phosphoric ester groups is 1. The third kappa shape index (κ3) is 35.8. The monoisotopic (exact) mass is 727 g/mol. The van der Waals surface area contributed by atoms with E-state index in [1.54, 1.807) is 0 Å². The number of carbonyl (C=O) groups excluding carboxylic acids is 2. The molecule has 0 aliphatic heterocycles. The topological polar surface area (TPSA) is 108 Å². The summed E-state index contributed by atoms with van der Waals surface area (Å²) in [6.07, 6.45) is 36.3. The standard InChI is InChI=1S/C40H72NO8P/c1-6-8-10-12-13-14-15-16-17-18-19-20-21-22-23-24-25-26-27-29-31-33-40(43)49-38(36-46-39(42)32-30-28-11-9-7-2)37-48-50(44,45)47-35-34-41(3,4)5/h8,10,13-14,16-17,19-20,38H,6-7,9,11-12,15,18,21-37H2,1-5H3/p+1/b10-8-,14-13-,17-16-,20-19-. The lowest BCUT2D eigenvalue weighted by Crippen LogP contribution is -2.37. The van der Waals surface area contributed by atoms with Gasteiger partial charge in [0.25, 0.3) is 0 Å². The van der Waals surface area contributed by atoms with Gasteiger partial charge in [-0.15, -0.1) is 0 Å². The predicted octanol–water partition coefficient (Wildman–Crippen LogP) is 10.3. The molecule has 0 aromatic heterocycles. The number of rotatable bonds is 34. The van der Waals surface area contributed by atoms with E-state index < -0.39 is 26.5 Å². The van der Waals surface area contributed by atoms with Crippen LogP contribution in [0.3, 0.4) is 0 Å². The number of ether oxygens (including phenoxy) is 2. The maximum absolute atomic E-state index is 12.6. The summed E-state index contributed by atoms with van der Waals surface area (Å²) >= 11 is 0. The number of quaternary nitrogens is 1. The molecule has 0 heterocycles. The Hall–Kier alpha value is -2.03. The molecule has 0 rings (SSSR count). The van der Waals surface area contributed by atoms with Gasteiger partial charge >= 0.3 is 19.8 Å². The Kier molecular flexibility index (Phi) is 31.5. The van der Waals surface area contributed by atoms with Gasteiger partial charge in [-0.3, -0.25) is 18.6 Å². The minimum absolute atomic E-state index is 0.0286. The van der Waals surface area contributed by atoms with Crippen molar-refractivity contribution in [2.24, 2.45) is 0 Å². The zero-order valence-electron chi connectivity index (χ0n) is 32.4. The molecule has 0 spiro atoms. The molecule has 2 unspecified atom stereocenters. The Morgan fingerprint density at radius 3 is 1.70 bits per heavy atom. The summed E-state index contributed by atoms with van der Waals surface area (Å²) < 4.78 is 34.0. The number of likely N-dealkylation sites (N-methyl/N-ethyl adjacent to an activating group) is 1. The van der Waals surface area contributed by atoms with E-state index in [1.807, 2.05) is 21.1 Å². The molecule has 290 valence electrons. The van der Waals surface area contributed by atoms with Crippen molar-refractivity contribution in [1.29, 1.82) is 0 Å². The van der Waals surface area contributed by atoms with Crippen LogP contribution in [0.2, 0.25) is 0 Å². The lowest BCUT2D eigenvalue weighted by atomic mass is 10.1. The number of hydrogen-bond acceptors (Lipinski definition) is 7. The number of carbonyl (C=O) groups is 2. The minimum Gasteiger partial charge on any atom is -0.462 e. The molecule has 0 aromatic carbocycles. The zero-order chi connectivity index (χ0) is 37.2. The first-order valence-electron chi connectivity index (χ1n) is 19.4. The summed E-state index contributed by atoms with van der Waals surface area (Å²) in [5.41, 5.74) is 0. The third-order valence-corrected chi connectivity index (χ3v) is 8.86. The van der Waals surface area contributed by atoms with Gasteiger partial charge < -0.3 is 18.9 Å². The van der Waals surface area contributed by atoms with Crippen LogP contribution in [0.15, 0.2) is 48.6 Å². The van der Waals surface area contributed by atoms with Gasteiger partial charge in [-0.2, -0.15) is 0 Å². The van der Waals surface area contributed by atoms with Crippen molar-refractivity contribution in [3.8, 4) is 0 Å². The summed E-state index contributed by atoms with van der Waals surface area (Å²) in [5, 5.41) is 0. The molecule has 0 saturated heterocycles. The van der Waals surface area contributed by atoms with Crippen molar-refractivity contribution < 1.29 is 42.1 Å². The Morgan fingerprint density at radius 2 is 1.14 bits per heavy atom. The average Bonchev–Trinajstić information content (AvgIpc) is 3.06. The van der Waals surface area contributed by atoms with Crippen LogP contribution in [0.25, 0.3) is 0 Å². The van der Waals surface area contributed by atoms with Crippen molar-refractivity contribution >= 4 is 19.8 Å². The summed E-state index contributed by atoms with van der Waals surface area (Å²) in [7, 11) is 1.46. The SMILES string of the molecule is CC/C=C\C/C=C\C/C=C\C/C=C\CCCCCCCCCCC(=O)OC(COC(=O)CCCCCCC)COP(=O)(O)OCC[N+](C)(C)C. The van der Waals surface area contributed by atoms with Crippen LogP contribution >= 0.6 is 7.82 Å². The third-order valence-electron chi connectivity index (χ3n) is 7.87. The van der Waals surface area contributed by atoms with E-state index >= 15 is 0 Å². The van der Waals surface area contributed by atoms with Gasteiger partial charge in [0.2, 0.25) is 0 Å². The maximum Gasteiger partial charge on any atom is 0.472 e. The summed E-state index contributed by atoms with van der Waals surface area (Å²) in [4.78, 5) is 34.9. The lowest BCUT2D eigenvalue weighted by molar-refractivity contribution is -0.870. The summed E-state index contributed by atoms with van der Waals surface area (Å²) in [6.45, 7) is 4.18. The van der Waals surface area contributed by atoms with Gasteiger partial charge in [-0.1, -0.05) is 127 Å². The molecule has 50 heavy (non-hydrogen) atoms. The van der Waals surface area contributed by atoms with Gasteiger partial charge in [0.15, 0.2) is 6.10 Å². The molecule has 0 fully saturated rings. The van der Waals surface area contributed by atoms with Gasteiger partial charge in [0.1, 0.15) is 19.8 Å². The smallest absolute Gasteiger partial charge is 0.462 e. The highest BCUT2D eigenvalue weighted by Crippen LogP contribution is 2.43. The fraction of sp³-hybridized carbons (Fsp3) is 0.750. The van der Waals surface area contributed by atoms with Crippen LogP contribution in [0.5, 0.6) is 0 Å². The molecule has 0 aromatic rings. The second-order valence-corrected chi connectivity index (χ2v) is 15.4. The van der Waals surface area contributed by atoms with Crippen molar-refractivity contribution in [3.63, 3.8) is 0 Å². The Bertz CT molecular complexity index is 1000. The fourth-order valence-corrected chi connectivity index (χ4v) is 5.57. The molecule has 0 amide bonds. The van der Waals surface area contributed by atoms with Gasteiger partial charge in [-0.05, 0) is 51.4 Å². The second kappa shape index (κ2) is 32.8. The minimum atomic E-state index is -4.36. The number of phosphoric acid groups is 1. The highest BCUT2D eigenvalue weighted by atomic mass is 31.2. The Labute approximate surface area is 305 Å². The van der Waals surface area contributed by atoms with E-state index in [0.29, 0.717) is 17.4 Å². The molecule has 0 aliphatic carbocycles. The Morgan fingerprint density at radius 1 is 0.640 bits per heavy atom. The molecule has 9 nitrogen and oxygen atoms in total. The lowest BCUT2D eigenvalue weighted by Gasteiger charge is -2.24. The molecule has 0 saturated carbocycles. The van der Waals surface area contributed by atoms with E-state index in [-0.39, 0.29) is 32.0 Å². The normalized spacial score (nSPS) is 14.3. The maximum atomic E-state index is 12.6. The molecular weight excluding hydrogens is 653 g/mol. The van der Waals surface area contributed by atoms with Gasteiger partial charge in [0, 0.05) is 12.8 Å². The number of unbranched alkanes of at least 4 members (excludes halogenated alkanes) is 12. The number of allylic oxidation sites excluding steroid dienone is 8. The van der Waals surface area contributed by atoms with E-state index in [0.717, 1.165) is 83.5 Å². The first-order valence-corrected chi connectivity index (χ1v) is 20.9. The largest absolute Gasteiger partial charge is 0.472 e. The molecular formula is C40H73NO8P+. The van der Waals surface area contributed by atoms with Crippen LogP contribution in [-0.2, 0) is 32.7 Å². The molecule has 1 N–H and O–H groups in total. The second-order valence-electron chi connectivity index (χ2n) is 13.9. The zero-order valence-corrected chi connectivity index (χ0v) is 33.3. The quantitative estimate of drug-likeness (QED) is 0.0230. The molecule has 0 aliphatic rings. The molecule has 10 heteroatoms. The average molecular weight is 727 g/mol. The summed E-state index contributed by atoms with van der Waals surface area (Å²) in [5.74, 6) is -0.826. The molecule has 2 atom stereocenters. The highest BCUT2D eigenvalue weighted by molar-refractivity contribution is 7.47. The summed E-state index contributed by atoms with van der Waals surface area (Å²) in [6, 6.07) is 0. The fourth-order valence-electron chi connectivity index (χ4n) is 4.83. The number of esters is 2. The highest BCUT2D eigenvalue weighted by Gasteiger charge is 2.27. The number of hydrogen-bond donors (Lipinski definition) is 1. The van der Waals surface area contributed by atoms with E-state index in [2.05, 4.69) is 62.5 Å². The van der Waals surface area contributed by atoms with Crippen molar-refractivity contribution in [1.82, 2.24) is 0 Å². The van der Waals surface area contributed by atoms with Crippen LogP contribution < -0.4 is 0 Å². The first kappa shape index (κ1) is 48.0. The first-order chi connectivity index (χ1) is 24.0. The predicted molar refractivity (Wildman–Crippen MR) is 206 cm³/mol. The van der Waals surface area contributed by atoms with Gasteiger partial charge in [-0.25, -0.2) is 4.57 Å². The molecule has 0 radical (unpaired) electrons. The van der Waals surface area contributed by atoms with E-state index in [9.17, 15) is 19.0 Å². The van der Waals surface area contributed by atoms with E-state index in [4.69, 9.17) is 18.5 Å². The van der Waals surface area contributed by atoms with Crippen molar-refractivity contribution in [2.45, 2.75) is 148 Å². The Balaban J connectivity index is 4.24. The van der Waals surface area contributed by atoms with Crippen molar-refractivity contribution in [3.05, 3.63) is 48.6 Å². The van der Waals surface area contributed by atoms with Crippen LogP contribution in [0, 0.1) is 0 Å². The number of nitrogens with zero attached hydrogens (tertiary/aromatic N) is 1. The van der Waals surface area contributed by atoms with Crippen molar-refractivity contribution in [2.75, 3.05) is 47.5 Å². The van der Waals surface area contributed by atoms with Gasteiger partial charge in [0.05, 0.1) is 27.7 Å². The van der Waals surface area contributed by atoms with Crippen LogP contribution in [-0.4, -0.2) is 74.9 Å². The molecule has 0 bridgehead atoms.